The van der Waals surface area contributed by atoms with Crippen LogP contribution in [0.25, 0.3) is 11.0 Å². The fraction of sp³-hybridized carbons (Fsp3) is 0.0714. The van der Waals surface area contributed by atoms with Crippen molar-refractivity contribution in [3.63, 3.8) is 0 Å². The van der Waals surface area contributed by atoms with Crippen LogP contribution in [0.15, 0.2) is 47.3 Å². The van der Waals surface area contributed by atoms with Crippen LogP contribution in [-0.4, -0.2) is 9.55 Å². The third-order valence-corrected chi connectivity index (χ3v) is 3.20. The number of hydrogen-bond donors (Lipinski definition) is 1. The number of nitrogens with zero attached hydrogens (tertiary/aromatic N) is 1. The van der Waals surface area contributed by atoms with Gasteiger partial charge in [0.2, 0.25) is 0 Å². The molecule has 0 aliphatic heterocycles. The number of halogens is 2. The number of rotatable bonds is 2. The number of nitrogens with one attached hydrogen (secondary N) is 1. The number of imidazole rings is 1. The Morgan fingerprint density at radius 3 is 2.84 bits per heavy atom. The second-order valence-corrected chi connectivity index (χ2v) is 4.74. The zero-order valence-electron chi connectivity index (χ0n) is 9.86. The van der Waals surface area contributed by atoms with Crippen LogP contribution in [0.4, 0.5) is 4.39 Å². The van der Waals surface area contributed by atoms with E-state index < -0.39 is 0 Å². The van der Waals surface area contributed by atoms with Crippen LogP contribution in [0, 0.1) is 5.82 Å². The van der Waals surface area contributed by atoms with E-state index in [1.54, 1.807) is 22.8 Å². The van der Waals surface area contributed by atoms with Gasteiger partial charge in [-0.2, -0.15) is 0 Å². The molecule has 0 saturated carbocycles. The summed E-state index contributed by atoms with van der Waals surface area (Å²) < 4.78 is 14.7. The summed E-state index contributed by atoms with van der Waals surface area (Å²) in [6, 6.07) is 11.5. The van der Waals surface area contributed by atoms with E-state index in [-0.39, 0.29) is 11.5 Å². The van der Waals surface area contributed by atoms with Gasteiger partial charge in [0.05, 0.1) is 17.6 Å². The van der Waals surface area contributed by atoms with E-state index in [4.69, 9.17) is 11.6 Å². The van der Waals surface area contributed by atoms with Crippen LogP contribution in [0.5, 0.6) is 0 Å². The van der Waals surface area contributed by atoms with E-state index >= 15 is 0 Å². The van der Waals surface area contributed by atoms with Gasteiger partial charge in [0.1, 0.15) is 5.82 Å². The molecule has 96 valence electrons. The molecule has 3 aromatic rings. The molecule has 2 aromatic carbocycles. The molecule has 0 bridgehead atoms. The third-order valence-electron chi connectivity index (χ3n) is 2.97. The molecule has 0 atom stereocenters. The Kier molecular flexibility index (Phi) is 2.87. The number of fused-ring (bicyclic) bond motifs is 1. The first-order chi connectivity index (χ1) is 9.13. The molecule has 3 nitrogen and oxygen atoms in total. The van der Waals surface area contributed by atoms with Crippen molar-refractivity contribution in [3.8, 4) is 0 Å². The molecule has 0 radical (unpaired) electrons. The fourth-order valence-electron chi connectivity index (χ4n) is 2.11. The molecule has 3 rings (SSSR count). The molecule has 0 amide bonds. The SMILES string of the molecule is O=c1[nH]c2cc(F)ccc2n1Cc1cccc(Cl)c1. The van der Waals surface area contributed by atoms with Gasteiger partial charge in [-0.3, -0.25) is 4.57 Å². The lowest BCUT2D eigenvalue weighted by molar-refractivity contribution is 0.629. The maximum absolute atomic E-state index is 13.1. The Bertz CT molecular complexity index is 807. The second-order valence-electron chi connectivity index (χ2n) is 4.31. The van der Waals surface area contributed by atoms with Gasteiger partial charge < -0.3 is 4.98 Å². The van der Waals surface area contributed by atoms with Gasteiger partial charge in [-0.25, -0.2) is 9.18 Å². The third kappa shape index (κ3) is 2.27. The summed E-state index contributed by atoms with van der Waals surface area (Å²) in [6.45, 7) is 0.394. The summed E-state index contributed by atoms with van der Waals surface area (Å²) in [4.78, 5) is 14.5. The zero-order chi connectivity index (χ0) is 13.4. The molecule has 19 heavy (non-hydrogen) atoms. The molecule has 0 aliphatic carbocycles. The first-order valence-corrected chi connectivity index (χ1v) is 6.14. The van der Waals surface area contributed by atoms with Gasteiger partial charge in [0, 0.05) is 5.02 Å². The average molecular weight is 277 g/mol. The van der Waals surface area contributed by atoms with Crippen molar-refractivity contribution in [2.24, 2.45) is 0 Å². The molecule has 0 fully saturated rings. The van der Waals surface area contributed by atoms with Gasteiger partial charge >= 0.3 is 5.69 Å². The highest BCUT2D eigenvalue weighted by Gasteiger charge is 2.08. The Balaban J connectivity index is 2.10. The molecule has 0 unspecified atom stereocenters. The van der Waals surface area contributed by atoms with Crippen LogP contribution in [0.1, 0.15) is 5.56 Å². The minimum absolute atomic E-state index is 0.263. The van der Waals surface area contributed by atoms with Crippen molar-refractivity contribution in [2.45, 2.75) is 6.54 Å². The highest BCUT2D eigenvalue weighted by atomic mass is 35.5. The second kappa shape index (κ2) is 4.55. The summed E-state index contributed by atoms with van der Waals surface area (Å²) >= 11 is 5.92. The summed E-state index contributed by atoms with van der Waals surface area (Å²) in [5, 5.41) is 0.622. The lowest BCUT2D eigenvalue weighted by Gasteiger charge is -2.04. The normalized spacial score (nSPS) is 11.1. The van der Waals surface area contributed by atoms with Crippen LogP contribution in [-0.2, 0) is 6.54 Å². The molecule has 0 spiro atoms. The number of benzene rings is 2. The average Bonchev–Trinajstić information content (AvgIpc) is 2.65. The lowest BCUT2D eigenvalue weighted by Crippen LogP contribution is -2.17. The van der Waals surface area contributed by atoms with E-state index in [0.717, 1.165) is 5.56 Å². The van der Waals surface area contributed by atoms with Crippen molar-refractivity contribution < 1.29 is 4.39 Å². The first-order valence-electron chi connectivity index (χ1n) is 5.76. The number of aromatic nitrogens is 2. The van der Waals surface area contributed by atoms with E-state index in [2.05, 4.69) is 4.98 Å². The first kappa shape index (κ1) is 12.0. The summed E-state index contributed by atoms with van der Waals surface area (Å²) in [5.74, 6) is -0.372. The Morgan fingerprint density at radius 1 is 1.21 bits per heavy atom. The quantitative estimate of drug-likeness (QED) is 0.767. The predicted octanol–water partition coefficient (Wildman–Crippen LogP) is 3.17. The largest absolute Gasteiger partial charge is 0.326 e. The molecule has 1 N–H and O–H groups in total. The maximum atomic E-state index is 13.1. The molecule has 0 saturated heterocycles. The highest BCUT2D eigenvalue weighted by Crippen LogP contribution is 2.15. The van der Waals surface area contributed by atoms with Crippen LogP contribution >= 0.6 is 11.6 Å². The van der Waals surface area contributed by atoms with E-state index in [1.807, 2.05) is 12.1 Å². The molecule has 0 aliphatic rings. The van der Waals surface area contributed by atoms with Gasteiger partial charge in [-0.15, -0.1) is 0 Å². The van der Waals surface area contributed by atoms with Crippen molar-refractivity contribution in [1.29, 1.82) is 0 Å². The zero-order valence-corrected chi connectivity index (χ0v) is 10.6. The van der Waals surface area contributed by atoms with Gasteiger partial charge in [-0.05, 0) is 35.9 Å². The van der Waals surface area contributed by atoms with Gasteiger partial charge in [0.15, 0.2) is 0 Å². The molecular weight excluding hydrogens is 267 g/mol. The molecule has 1 heterocycles. The number of aromatic amines is 1. The minimum Gasteiger partial charge on any atom is -0.305 e. The minimum atomic E-state index is -0.372. The topological polar surface area (TPSA) is 37.8 Å². The van der Waals surface area contributed by atoms with Crippen molar-refractivity contribution >= 4 is 22.6 Å². The highest BCUT2D eigenvalue weighted by molar-refractivity contribution is 6.30. The van der Waals surface area contributed by atoms with Crippen molar-refractivity contribution in [2.75, 3.05) is 0 Å². The lowest BCUT2D eigenvalue weighted by atomic mass is 10.2. The standard InChI is InChI=1S/C14H10ClFN2O/c15-10-3-1-2-9(6-10)8-18-13-5-4-11(16)7-12(13)17-14(18)19/h1-7H,8H2,(H,17,19). The van der Waals surface area contributed by atoms with Crippen LogP contribution in [0.2, 0.25) is 5.02 Å². The molecule has 1 aromatic heterocycles. The Labute approximate surface area is 113 Å². The number of hydrogen-bond acceptors (Lipinski definition) is 1. The van der Waals surface area contributed by atoms with Crippen molar-refractivity contribution in [1.82, 2.24) is 9.55 Å². The van der Waals surface area contributed by atoms with Crippen molar-refractivity contribution in [3.05, 3.63) is 69.4 Å². The van der Waals surface area contributed by atoms with E-state index in [9.17, 15) is 9.18 Å². The molecule has 5 heteroatoms. The smallest absolute Gasteiger partial charge is 0.305 e. The maximum Gasteiger partial charge on any atom is 0.326 e. The summed E-state index contributed by atoms with van der Waals surface area (Å²) in [7, 11) is 0. The van der Waals surface area contributed by atoms with Gasteiger partial charge in [-0.1, -0.05) is 23.7 Å². The van der Waals surface area contributed by atoms with E-state index in [0.29, 0.717) is 22.6 Å². The Morgan fingerprint density at radius 2 is 2.05 bits per heavy atom. The van der Waals surface area contributed by atoms with Gasteiger partial charge in [0.25, 0.3) is 0 Å². The fourth-order valence-corrected chi connectivity index (χ4v) is 2.32. The van der Waals surface area contributed by atoms with Crippen LogP contribution in [0.3, 0.4) is 0 Å². The summed E-state index contributed by atoms with van der Waals surface area (Å²) in [5.41, 5.74) is 1.82. The predicted molar refractivity (Wildman–Crippen MR) is 73.1 cm³/mol. The van der Waals surface area contributed by atoms with Crippen LogP contribution < -0.4 is 5.69 Å². The Hall–Kier alpha value is -2.07. The number of H-pyrrole nitrogens is 1. The summed E-state index contributed by atoms with van der Waals surface area (Å²) in [6.07, 6.45) is 0. The van der Waals surface area contributed by atoms with E-state index in [1.165, 1.54) is 12.1 Å². The monoisotopic (exact) mass is 276 g/mol. The molecular formula is C14H10ClFN2O.